The molecule has 1 amide bonds. The largest absolute Gasteiger partial charge is 0.507 e. The Morgan fingerprint density at radius 2 is 1.79 bits per heavy atom. The fourth-order valence-corrected chi connectivity index (χ4v) is 4.23. The molecule has 0 saturated carbocycles. The maximum atomic E-state index is 13.1. The number of nitro benzene ring substituents is 1. The monoisotopic (exact) mass is 448 g/mol. The molecular formula is C24H24N4O5. The highest BCUT2D eigenvalue weighted by Crippen LogP contribution is 2.42. The van der Waals surface area contributed by atoms with E-state index < -0.39 is 22.7 Å². The molecule has 170 valence electrons. The molecular weight excluding hydrogens is 424 g/mol. The van der Waals surface area contributed by atoms with E-state index in [2.05, 4.69) is 0 Å². The number of benzene rings is 2. The third-order valence-corrected chi connectivity index (χ3v) is 5.90. The van der Waals surface area contributed by atoms with Gasteiger partial charge in [-0.25, -0.2) is 0 Å². The van der Waals surface area contributed by atoms with Crippen LogP contribution in [-0.2, 0) is 16.6 Å². The van der Waals surface area contributed by atoms with Gasteiger partial charge < -0.3 is 19.5 Å². The second kappa shape index (κ2) is 8.51. The number of nitrogens with zero attached hydrogens (tertiary/aromatic N) is 4. The van der Waals surface area contributed by atoms with Crippen molar-refractivity contribution in [2.24, 2.45) is 7.05 Å². The number of hydrogen-bond acceptors (Lipinski definition) is 6. The van der Waals surface area contributed by atoms with Crippen molar-refractivity contribution in [3.8, 4) is 0 Å². The average Bonchev–Trinajstić information content (AvgIpc) is 3.25. The highest BCUT2D eigenvalue weighted by atomic mass is 16.6. The number of aryl methyl sites for hydroxylation is 1. The molecule has 3 aromatic rings. The van der Waals surface area contributed by atoms with Crippen molar-refractivity contribution in [3.05, 3.63) is 81.5 Å². The van der Waals surface area contributed by atoms with Crippen LogP contribution in [-0.4, -0.2) is 63.3 Å². The minimum absolute atomic E-state index is 0.0241. The van der Waals surface area contributed by atoms with Crippen LogP contribution < -0.4 is 0 Å². The van der Waals surface area contributed by atoms with Gasteiger partial charge >= 0.3 is 0 Å². The topological polar surface area (TPSA) is 109 Å². The number of carbonyl (C=O) groups excluding carboxylic acids is 2. The molecule has 2 aromatic carbocycles. The maximum Gasteiger partial charge on any atom is 0.295 e. The van der Waals surface area contributed by atoms with Gasteiger partial charge in [0.05, 0.1) is 16.5 Å². The van der Waals surface area contributed by atoms with Crippen LogP contribution in [0.25, 0.3) is 16.7 Å². The highest BCUT2D eigenvalue weighted by molar-refractivity contribution is 6.46. The van der Waals surface area contributed by atoms with Crippen molar-refractivity contribution in [1.82, 2.24) is 14.4 Å². The smallest absolute Gasteiger partial charge is 0.295 e. The van der Waals surface area contributed by atoms with Crippen LogP contribution in [0.2, 0.25) is 0 Å². The van der Waals surface area contributed by atoms with E-state index in [0.717, 1.165) is 16.5 Å². The molecule has 9 nitrogen and oxygen atoms in total. The van der Waals surface area contributed by atoms with E-state index in [1.807, 2.05) is 61.1 Å². The fourth-order valence-electron chi connectivity index (χ4n) is 4.23. The SMILES string of the molecule is CN(C)CCN1C(=O)C(=O)/C(=C(/O)c2ccc([N+](=O)[O-])cc2)C1c1cn(C)c2ccccc12. The van der Waals surface area contributed by atoms with E-state index in [1.165, 1.54) is 29.2 Å². The molecule has 0 aliphatic carbocycles. The minimum atomic E-state index is -0.786. The van der Waals surface area contributed by atoms with Crippen LogP contribution in [0.4, 0.5) is 5.69 Å². The first-order chi connectivity index (χ1) is 15.7. The van der Waals surface area contributed by atoms with Gasteiger partial charge in [-0.3, -0.25) is 19.7 Å². The second-order valence-electron chi connectivity index (χ2n) is 8.31. The van der Waals surface area contributed by atoms with E-state index in [9.17, 15) is 24.8 Å². The summed E-state index contributed by atoms with van der Waals surface area (Å²) in [5, 5.41) is 23.0. The Labute approximate surface area is 190 Å². The Morgan fingerprint density at radius 1 is 1.12 bits per heavy atom. The predicted molar refractivity (Wildman–Crippen MR) is 124 cm³/mol. The Balaban J connectivity index is 1.91. The number of aliphatic hydroxyl groups excluding tert-OH is 1. The van der Waals surface area contributed by atoms with Gasteiger partial charge in [0.25, 0.3) is 17.4 Å². The summed E-state index contributed by atoms with van der Waals surface area (Å²) in [7, 11) is 5.63. The first-order valence-electron chi connectivity index (χ1n) is 10.4. The molecule has 0 spiro atoms. The molecule has 2 heterocycles. The van der Waals surface area contributed by atoms with E-state index in [4.69, 9.17) is 0 Å². The zero-order chi connectivity index (χ0) is 23.9. The lowest BCUT2D eigenvalue weighted by molar-refractivity contribution is -0.384. The number of likely N-dealkylation sites (tertiary alicyclic amines) is 1. The second-order valence-corrected chi connectivity index (χ2v) is 8.31. The number of aliphatic hydroxyl groups is 1. The van der Waals surface area contributed by atoms with Crippen LogP contribution in [0.1, 0.15) is 17.2 Å². The summed E-state index contributed by atoms with van der Waals surface area (Å²) in [6, 6.07) is 12.1. The molecule has 0 bridgehead atoms. The van der Waals surface area contributed by atoms with Gasteiger partial charge in [0.2, 0.25) is 0 Å². The van der Waals surface area contributed by atoms with Gasteiger partial charge in [-0.15, -0.1) is 0 Å². The third kappa shape index (κ3) is 3.87. The van der Waals surface area contributed by atoms with Crippen LogP contribution in [0.5, 0.6) is 0 Å². The van der Waals surface area contributed by atoms with Crippen molar-refractivity contribution in [1.29, 1.82) is 0 Å². The number of likely N-dealkylation sites (N-methyl/N-ethyl adjacent to an activating group) is 1. The molecule has 1 aromatic heterocycles. The fraction of sp³-hybridized carbons (Fsp3) is 0.250. The zero-order valence-corrected chi connectivity index (χ0v) is 18.6. The van der Waals surface area contributed by atoms with E-state index in [1.54, 1.807) is 0 Å². The minimum Gasteiger partial charge on any atom is -0.507 e. The number of amides is 1. The quantitative estimate of drug-likeness (QED) is 0.204. The lowest BCUT2D eigenvalue weighted by Gasteiger charge is -2.26. The number of non-ortho nitro benzene ring substituents is 1. The summed E-state index contributed by atoms with van der Waals surface area (Å²) in [5.74, 6) is -1.81. The summed E-state index contributed by atoms with van der Waals surface area (Å²) in [5.41, 5.74) is 1.74. The molecule has 0 radical (unpaired) electrons. The lowest BCUT2D eigenvalue weighted by atomic mass is 9.95. The number of aromatic nitrogens is 1. The van der Waals surface area contributed by atoms with Crippen molar-refractivity contribution in [2.75, 3.05) is 27.2 Å². The van der Waals surface area contributed by atoms with Gasteiger partial charge in [0.15, 0.2) is 0 Å². The number of para-hydroxylation sites is 1. The van der Waals surface area contributed by atoms with Crippen molar-refractivity contribution < 1.29 is 19.6 Å². The zero-order valence-electron chi connectivity index (χ0n) is 18.6. The number of carbonyl (C=O) groups is 2. The first-order valence-corrected chi connectivity index (χ1v) is 10.4. The van der Waals surface area contributed by atoms with E-state index in [-0.39, 0.29) is 22.6 Å². The normalized spacial score (nSPS) is 17.9. The average molecular weight is 448 g/mol. The predicted octanol–water partition coefficient (Wildman–Crippen LogP) is 3.07. The van der Waals surface area contributed by atoms with Crippen LogP contribution in [0, 0.1) is 10.1 Å². The molecule has 33 heavy (non-hydrogen) atoms. The molecule has 1 N–H and O–H groups in total. The van der Waals surface area contributed by atoms with Gasteiger partial charge in [0, 0.05) is 60.5 Å². The van der Waals surface area contributed by atoms with Crippen LogP contribution in [0.15, 0.2) is 60.3 Å². The number of Topliss-reactive ketones (excluding diaryl/α,β-unsaturated/α-hetero) is 1. The summed E-state index contributed by atoms with van der Waals surface area (Å²) >= 11 is 0. The third-order valence-electron chi connectivity index (χ3n) is 5.90. The molecule has 1 unspecified atom stereocenters. The number of fused-ring (bicyclic) bond motifs is 1. The summed E-state index contributed by atoms with van der Waals surface area (Å²) in [4.78, 5) is 40.0. The van der Waals surface area contributed by atoms with E-state index >= 15 is 0 Å². The highest BCUT2D eigenvalue weighted by Gasteiger charge is 2.46. The Morgan fingerprint density at radius 3 is 2.42 bits per heavy atom. The number of nitro groups is 1. The van der Waals surface area contributed by atoms with Gasteiger partial charge in [-0.2, -0.15) is 0 Å². The van der Waals surface area contributed by atoms with Gasteiger partial charge in [-0.05, 0) is 32.3 Å². The van der Waals surface area contributed by atoms with Gasteiger partial charge in [-0.1, -0.05) is 18.2 Å². The first kappa shape index (κ1) is 22.2. The molecule has 1 fully saturated rings. The summed E-state index contributed by atoms with van der Waals surface area (Å²) in [6.07, 6.45) is 1.87. The standard InChI is InChI=1S/C24H24N4O5/c1-25(2)12-13-27-21(18-14-26(3)19-7-5-4-6-17(18)19)20(23(30)24(27)31)22(29)15-8-10-16(11-9-15)28(32)33/h4-11,14,21,29H,12-13H2,1-3H3/b22-20+. The summed E-state index contributed by atoms with van der Waals surface area (Å²) in [6.45, 7) is 0.828. The molecule has 1 aliphatic rings. The molecule has 1 saturated heterocycles. The van der Waals surface area contributed by atoms with Crippen LogP contribution >= 0.6 is 0 Å². The van der Waals surface area contributed by atoms with Crippen LogP contribution in [0.3, 0.4) is 0 Å². The molecule has 1 atom stereocenters. The molecule has 4 rings (SSSR count). The van der Waals surface area contributed by atoms with E-state index in [0.29, 0.717) is 13.1 Å². The Hall–Kier alpha value is -3.98. The summed E-state index contributed by atoms with van der Waals surface area (Å²) < 4.78 is 1.92. The van der Waals surface area contributed by atoms with Crippen molar-refractivity contribution in [2.45, 2.75) is 6.04 Å². The molecule has 1 aliphatic heterocycles. The van der Waals surface area contributed by atoms with Crippen molar-refractivity contribution in [3.63, 3.8) is 0 Å². The van der Waals surface area contributed by atoms with Gasteiger partial charge in [0.1, 0.15) is 5.76 Å². The molecule has 9 heteroatoms. The number of rotatable bonds is 6. The van der Waals surface area contributed by atoms with Crippen molar-refractivity contribution >= 4 is 34.0 Å². The maximum absolute atomic E-state index is 13.1. The number of hydrogen-bond donors (Lipinski definition) is 1. The number of ketones is 1. The Bertz CT molecular complexity index is 1290. The lowest BCUT2D eigenvalue weighted by Crippen LogP contribution is -2.35. The Kier molecular flexibility index (Phi) is 5.73.